The minimum absolute atomic E-state index is 0.144. The fourth-order valence-electron chi connectivity index (χ4n) is 3.23. The second-order valence-electron chi connectivity index (χ2n) is 6.42. The molecule has 1 aliphatic carbocycles. The lowest BCUT2D eigenvalue weighted by Gasteiger charge is -2.27. The molecule has 1 heterocycles. The van der Waals surface area contributed by atoms with E-state index in [-0.39, 0.29) is 29.1 Å². The second kappa shape index (κ2) is 4.56. The van der Waals surface area contributed by atoms with Gasteiger partial charge in [0.25, 0.3) is 0 Å². The summed E-state index contributed by atoms with van der Waals surface area (Å²) in [5.41, 5.74) is 3.90. The Hall–Kier alpha value is -2.37. The predicted octanol–water partition coefficient (Wildman–Crippen LogP) is 1.43. The zero-order valence-electron chi connectivity index (χ0n) is 13.0. The van der Waals surface area contributed by atoms with E-state index in [1.165, 1.54) is 12.1 Å². The van der Waals surface area contributed by atoms with Gasteiger partial charge in [-0.2, -0.15) is 0 Å². The number of rotatable bonds is 2. The molecular formula is C16H18N2O4. The molecule has 0 radical (unpaired) electrons. The molecule has 1 aromatic rings. The van der Waals surface area contributed by atoms with Gasteiger partial charge in [0.15, 0.2) is 0 Å². The third-order valence-electron chi connectivity index (χ3n) is 4.70. The highest BCUT2D eigenvalue weighted by Crippen LogP contribution is 2.60. The summed E-state index contributed by atoms with van der Waals surface area (Å²) in [5.74, 6) is -1.34. The highest BCUT2D eigenvalue weighted by Gasteiger charge is 2.69. The fourth-order valence-corrected chi connectivity index (χ4v) is 3.23. The van der Waals surface area contributed by atoms with Crippen LogP contribution >= 0.6 is 0 Å². The number of methoxy groups -OCH3 is 1. The van der Waals surface area contributed by atoms with Gasteiger partial charge in [0, 0.05) is 0 Å². The summed E-state index contributed by atoms with van der Waals surface area (Å²) in [7, 11) is 1.31. The number of benzene rings is 1. The number of esters is 1. The minimum Gasteiger partial charge on any atom is -0.465 e. The zero-order valence-corrected chi connectivity index (χ0v) is 13.0. The Bertz CT molecular complexity index is 695. The van der Waals surface area contributed by atoms with Crippen LogP contribution in [0.5, 0.6) is 0 Å². The van der Waals surface area contributed by atoms with Crippen LogP contribution < -0.4 is 10.4 Å². The van der Waals surface area contributed by atoms with E-state index in [0.29, 0.717) is 11.3 Å². The van der Waals surface area contributed by atoms with Gasteiger partial charge >= 0.3 is 5.97 Å². The average molecular weight is 302 g/mol. The first-order chi connectivity index (χ1) is 10.3. The van der Waals surface area contributed by atoms with Gasteiger partial charge in [-0.25, -0.2) is 9.80 Å². The van der Waals surface area contributed by atoms with Crippen molar-refractivity contribution < 1.29 is 19.1 Å². The summed E-state index contributed by atoms with van der Waals surface area (Å²) >= 11 is 0. The summed E-state index contributed by atoms with van der Waals surface area (Å²) in [6.07, 6.45) is 0. The normalized spacial score (nSPS) is 25.4. The number of hydrogen-bond donors (Lipinski definition) is 1. The first-order valence-electron chi connectivity index (χ1n) is 7.12. The van der Waals surface area contributed by atoms with Gasteiger partial charge in [0.1, 0.15) is 0 Å². The molecular weight excluding hydrogens is 284 g/mol. The van der Waals surface area contributed by atoms with Crippen molar-refractivity contribution >= 4 is 23.5 Å². The number of carbonyl (C=O) groups is 3. The van der Waals surface area contributed by atoms with E-state index in [9.17, 15) is 14.4 Å². The molecule has 116 valence electrons. The number of anilines is 1. The first kappa shape index (κ1) is 14.6. The molecule has 2 aliphatic rings. The van der Waals surface area contributed by atoms with Crippen LogP contribution in [0.2, 0.25) is 0 Å². The Morgan fingerprint density at radius 1 is 1.27 bits per heavy atom. The number of hydrogen-bond acceptors (Lipinski definition) is 4. The predicted molar refractivity (Wildman–Crippen MR) is 78.9 cm³/mol. The average Bonchev–Trinajstić information content (AvgIpc) is 3.06. The molecule has 0 bridgehead atoms. The largest absolute Gasteiger partial charge is 0.465 e. The molecule has 0 aromatic heterocycles. The highest BCUT2D eigenvalue weighted by atomic mass is 16.5. The standard InChI is InChI=1S/C16H18N2O4/c1-8-5-6-9(7-10(8)15(21)22-4)18-14(20)12-11(13(19)17-18)16(12,2)3/h5-7,11-12H,1-4H3,(H,17,19). The maximum atomic E-state index is 12.6. The van der Waals surface area contributed by atoms with Crippen molar-refractivity contribution in [2.45, 2.75) is 20.8 Å². The molecule has 2 unspecified atom stereocenters. The molecule has 1 saturated heterocycles. The van der Waals surface area contributed by atoms with Crippen molar-refractivity contribution in [1.29, 1.82) is 0 Å². The topological polar surface area (TPSA) is 75.7 Å². The summed E-state index contributed by atoms with van der Waals surface area (Å²) < 4.78 is 4.74. The lowest BCUT2D eigenvalue weighted by Crippen LogP contribution is -2.52. The molecule has 1 N–H and O–H groups in total. The summed E-state index contributed by atoms with van der Waals surface area (Å²) in [6.45, 7) is 5.61. The Kier molecular flexibility index (Phi) is 3.02. The van der Waals surface area contributed by atoms with Crippen molar-refractivity contribution in [2.75, 3.05) is 12.1 Å². The maximum Gasteiger partial charge on any atom is 0.338 e. The van der Waals surface area contributed by atoms with Crippen molar-refractivity contribution in [3.8, 4) is 0 Å². The Morgan fingerprint density at radius 3 is 2.59 bits per heavy atom. The summed E-state index contributed by atoms with van der Waals surface area (Å²) in [4.78, 5) is 36.5. The first-order valence-corrected chi connectivity index (χ1v) is 7.12. The van der Waals surface area contributed by atoms with Crippen LogP contribution in [-0.2, 0) is 14.3 Å². The van der Waals surface area contributed by atoms with Gasteiger partial charge in [-0.3, -0.25) is 15.0 Å². The van der Waals surface area contributed by atoms with Gasteiger partial charge in [0.2, 0.25) is 11.8 Å². The number of hydrazine groups is 1. The third-order valence-corrected chi connectivity index (χ3v) is 4.70. The lowest BCUT2D eigenvalue weighted by atomic mass is 10.1. The molecule has 1 saturated carbocycles. The van der Waals surface area contributed by atoms with Gasteiger partial charge in [-0.15, -0.1) is 0 Å². The smallest absolute Gasteiger partial charge is 0.338 e. The summed E-state index contributed by atoms with van der Waals surface area (Å²) in [6, 6.07) is 5.00. The van der Waals surface area contributed by atoms with Gasteiger partial charge in [0.05, 0.1) is 30.2 Å². The van der Waals surface area contributed by atoms with Crippen LogP contribution in [0.1, 0.15) is 29.8 Å². The number of nitrogens with one attached hydrogen (secondary N) is 1. The summed E-state index contributed by atoms with van der Waals surface area (Å²) in [5, 5.41) is 1.24. The van der Waals surface area contributed by atoms with Crippen LogP contribution in [0.3, 0.4) is 0 Å². The Morgan fingerprint density at radius 2 is 1.95 bits per heavy atom. The molecule has 6 nitrogen and oxygen atoms in total. The van der Waals surface area contributed by atoms with Crippen LogP contribution in [-0.4, -0.2) is 24.9 Å². The minimum atomic E-state index is -0.472. The molecule has 1 aromatic carbocycles. The van der Waals surface area contributed by atoms with E-state index in [1.807, 2.05) is 13.8 Å². The van der Waals surface area contributed by atoms with Crippen molar-refractivity contribution in [3.05, 3.63) is 29.3 Å². The quantitative estimate of drug-likeness (QED) is 0.839. The maximum absolute atomic E-state index is 12.6. The van der Waals surface area contributed by atoms with E-state index >= 15 is 0 Å². The van der Waals surface area contributed by atoms with Crippen molar-refractivity contribution in [1.82, 2.24) is 5.43 Å². The van der Waals surface area contributed by atoms with E-state index in [0.717, 1.165) is 5.56 Å². The zero-order chi connectivity index (χ0) is 16.2. The van der Waals surface area contributed by atoms with Crippen molar-refractivity contribution in [3.63, 3.8) is 0 Å². The second-order valence-corrected chi connectivity index (χ2v) is 6.42. The third kappa shape index (κ3) is 1.90. The van der Waals surface area contributed by atoms with Gasteiger partial charge < -0.3 is 4.74 Å². The monoisotopic (exact) mass is 302 g/mol. The molecule has 2 amide bonds. The van der Waals surface area contributed by atoms with E-state index < -0.39 is 5.97 Å². The van der Waals surface area contributed by atoms with Crippen LogP contribution in [0, 0.1) is 24.2 Å². The van der Waals surface area contributed by atoms with Crippen LogP contribution in [0.4, 0.5) is 5.69 Å². The van der Waals surface area contributed by atoms with E-state index in [4.69, 9.17) is 4.74 Å². The number of fused-ring (bicyclic) bond motifs is 1. The molecule has 22 heavy (non-hydrogen) atoms. The molecule has 2 fully saturated rings. The van der Waals surface area contributed by atoms with Gasteiger partial charge in [-0.05, 0) is 30.0 Å². The molecule has 0 spiro atoms. The molecule has 3 rings (SSSR count). The number of ether oxygens (including phenoxy) is 1. The van der Waals surface area contributed by atoms with Crippen LogP contribution in [0.15, 0.2) is 18.2 Å². The molecule has 1 aliphatic heterocycles. The number of carbonyl (C=O) groups excluding carboxylic acids is 3. The Labute approximate surface area is 128 Å². The van der Waals surface area contributed by atoms with E-state index in [1.54, 1.807) is 25.1 Å². The number of aryl methyl sites for hydroxylation is 1. The number of nitrogens with zero attached hydrogens (tertiary/aromatic N) is 1. The lowest BCUT2D eigenvalue weighted by molar-refractivity contribution is -0.131. The Balaban J connectivity index is 1.96. The van der Waals surface area contributed by atoms with Crippen LogP contribution in [0.25, 0.3) is 0 Å². The molecule has 6 heteroatoms. The molecule has 2 atom stereocenters. The number of amides is 2. The van der Waals surface area contributed by atoms with Crippen molar-refractivity contribution in [2.24, 2.45) is 17.3 Å². The van der Waals surface area contributed by atoms with E-state index in [2.05, 4.69) is 5.43 Å². The SMILES string of the molecule is COC(=O)c1cc(N2NC(=O)C3C(C2=O)C3(C)C)ccc1C. The fraction of sp³-hybridized carbons (Fsp3) is 0.438. The highest BCUT2D eigenvalue weighted by molar-refractivity contribution is 6.08. The van der Waals surface area contributed by atoms with Gasteiger partial charge in [-0.1, -0.05) is 19.9 Å².